The standard InChI is InChI=1S/C18H16ClN3OS/c1-11-15(17(23)21-14-9-7-13(19)8-10-14)16(22-18(24)20-11)12-5-3-2-4-6-12/h2-10,16H,1H3,(H,21,23)(H2,20,22,24). The van der Waals surface area contributed by atoms with E-state index in [1.54, 1.807) is 24.3 Å². The molecule has 0 spiro atoms. The van der Waals surface area contributed by atoms with Crippen LogP contribution >= 0.6 is 23.8 Å². The number of rotatable bonds is 3. The molecule has 0 aliphatic carbocycles. The fraction of sp³-hybridized carbons (Fsp3) is 0.111. The number of nitrogens with one attached hydrogen (secondary N) is 3. The molecule has 122 valence electrons. The van der Waals surface area contributed by atoms with Crippen LogP contribution in [0.4, 0.5) is 5.69 Å². The number of carbonyl (C=O) groups is 1. The van der Waals surface area contributed by atoms with E-state index < -0.39 is 0 Å². The Morgan fingerprint density at radius 2 is 1.79 bits per heavy atom. The lowest BCUT2D eigenvalue weighted by atomic mass is 9.95. The highest BCUT2D eigenvalue weighted by atomic mass is 35.5. The van der Waals surface area contributed by atoms with Gasteiger partial charge in [0, 0.05) is 16.4 Å². The van der Waals surface area contributed by atoms with Crippen LogP contribution in [0.15, 0.2) is 65.9 Å². The van der Waals surface area contributed by atoms with Crippen LogP contribution in [0.5, 0.6) is 0 Å². The molecule has 1 aliphatic rings. The number of hydrogen-bond donors (Lipinski definition) is 3. The van der Waals surface area contributed by atoms with Crippen molar-refractivity contribution >= 4 is 40.5 Å². The molecule has 0 saturated heterocycles. The van der Waals surface area contributed by atoms with Crippen molar-refractivity contribution in [2.24, 2.45) is 0 Å². The van der Waals surface area contributed by atoms with Crippen LogP contribution in [0.3, 0.4) is 0 Å². The average molecular weight is 358 g/mol. The molecule has 2 aromatic rings. The van der Waals surface area contributed by atoms with Gasteiger partial charge in [-0.05, 0) is 49.0 Å². The van der Waals surface area contributed by atoms with Gasteiger partial charge in [-0.25, -0.2) is 0 Å². The minimum atomic E-state index is -0.299. The first-order valence-electron chi connectivity index (χ1n) is 7.45. The quantitative estimate of drug-likeness (QED) is 0.732. The van der Waals surface area contributed by atoms with E-state index in [1.165, 1.54) is 0 Å². The summed E-state index contributed by atoms with van der Waals surface area (Å²) in [4.78, 5) is 12.8. The van der Waals surface area contributed by atoms with Gasteiger partial charge < -0.3 is 16.0 Å². The molecule has 6 heteroatoms. The molecule has 0 bridgehead atoms. The van der Waals surface area contributed by atoms with E-state index in [2.05, 4.69) is 16.0 Å². The van der Waals surface area contributed by atoms with Gasteiger partial charge in [0.15, 0.2) is 5.11 Å². The SMILES string of the molecule is CC1=C(C(=O)Nc2ccc(Cl)cc2)C(c2ccccc2)NC(=S)N1. The Morgan fingerprint density at radius 3 is 2.46 bits per heavy atom. The van der Waals surface area contributed by atoms with Crippen molar-refractivity contribution in [2.45, 2.75) is 13.0 Å². The first-order chi connectivity index (χ1) is 11.5. The summed E-state index contributed by atoms with van der Waals surface area (Å²) in [5, 5.41) is 10.2. The van der Waals surface area contributed by atoms with E-state index in [4.69, 9.17) is 23.8 Å². The first kappa shape index (κ1) is 16.5. The highest BCUT2D eigenvalue weighted by Crippen LogP contribution is 2.27. The molecule has 4 nitrogen and oxygen atoms in total. The summed E-state index contributed by atoms with van der Waals surface area (Å²) in [6.45, 7) is 1.85. The van der Waals surface area contributed by atoms with Crippen molar-refractivity contribution in [1.82, 2.24) is 10.6 Å². The number of thiocarbonyl (C=S) groups is 1. The largest absolute Gasteiger partial charge is 0.351 e. The molecule has 2 aromatic carbocycles. The van der Waals surface area contributed by atoms with E-state index in [-0.39, 0.29) is 11.9 Å². The van der Waals surface area contributed by atoms with Gasteiger partial charge in [-0.3, -0.25) is 4.79 Å². The van der Waals surface area contributed by atoms with Crippen molar-refractivity contribution in [3.63, 3.8) is 0 Å². The molecular weight excluding hydrogens is 342 g/mol. The van der Waals surface area contributed by atoms with Gasteiger partial charge in [0.2, 0.25) is 0 Å². The highest BCUT2D eigenvalue weighted by molar-refractivity contribution is 7.80. The summed E-state index contributed by atoms with van der Waals surface area (Å²) in [5.41, 5.74) is 3.00. The third-order valence-corrected chi connectivity index (χ3v) is 4.22. The topological polar surface area (TPSA) is 53.2 Å². The average Bonchev–Trinajstić information content (AvgIpc) is 2.57. The molecule has 0 aromatic heterocycles. The third-order valence-electron chi connectivity index (χ3n) is 3.75. The predicted octanol–water partition coefficient (Wildman–Crippen LogP) is 3.77. The predicted molar refractivity (Wildman–Crippen MR) is 101 cm³/mol. The second-order valence-corrected chi connectivity index (χ2v) is 6.29. The van der Waals surface area contributed by atoms with Crippen LogP contribution in [-0.2, 0) is 4.79 Å². The normalized spacial score (nSPS) is 17.1. The fourth-order valence-corrected chi connectivity index (χ4v) is 3.02. The van der Waals surface area contributed by atoms with Crippen LogP contribution < -0.4 is 16.0 Å². The van der Waals surface area contributed by atoms with Gasteiger partial charge in [0.05, 0.1) is 11.6 Å². The number of amides is 1. The van der Waals surface area contributed by atoms with Crippen LogP contribution in [0, 0.1) is 0 Å². The summed E-state index contributed by atoms with van der Waals surface area (Å²) < 4.78 is 0. The maximum absolute atomic E-state index is 12.8. The molecule has 1 unspecified atom stereocenters. The second-order valence-electron chi connectivity index (χ2n) is 5.44. The number of halogens is 1. The van der Waals surface area contributed by atoms with E-state index in [9.17, 15) is 4.79 Å². The van der Waals surface area contributed by atoms with Gasteiger partial charge >= 0.3 is 0 Å². The lowest BCUT2D eigenvalue weighted by Crippen LogP contribution is -2.45. The van der Waals surface area contributed by atoms with Crippen LogP contribution in [0.2, 0.25) is 5.02 Å². The second kappa shape index (κ2) is 7.03. The summed E-state index contributed by atoms with van der Waals surface area (Å²) >= 11 is 11.1. The first-order valence-corrected chi connectivity index (χ1v) is 8.23. The summed E-state index contributed by atoms with van der Waals surface area (Å²) in [5.74, 6) is -0.189. The van der Waals surface area contributed by atoms with Gasteiger partial charge in [-0.1, -0.05) is 41.9 Å². The van der Waals surface area contributed by atoms with Crippen LogP contribution in [0.25, 0.3) is 0 Å². The molecule has 0 fully saturated rings. The highest BCUT2D eigenvalue weighted by Gasteiger charge is 2.29. The van der Waals surface area contributed by atoms with E-state index in [0.717, 1.165) is 11.3 Å². The molecule has 1 aliphatic heterocycles. The van der Waals surface area contributed by atoms with E-state index in [0.29, 0.717) is 21.4 Å². The Kier molecular flexibility index (Phi) is 4.83. The Bertz CT molecular complexity index is 803. The lowest BCUT2D eigenvalue weighted by Gasteiger charge is -2.30. The number of carbonyl (C=O) groups excluding carboxylic acids is 1. The summed E-state index contributed by atoms with van der Waals surface area (Å²) in [7, 11) is 0. The molecule has 0 saturated carbocycles. The Morgan fingerprint density at radius 1 is 1.12 bits per heavy atom. The molecule has 3 N–H and O–H groups in total. The minimum absolute atomic E-state index is 0.189. The van der Waals surface area contributed by atoms with Crippen molar-refractivity contribution in [1.29, 1.82) is 0 Å². The monoisotopic (exact) mass is 357 g/mol. The smallest absolute Gasteiger partial charge is 0.255 e. The van der Waals surface area contributed by atoms with Crippen molar-refractivity contribution in [3.05, 3.63) is 76.5 Å². The molecule has 1 heterocycles. The number of hydrogen-bond acceptors (Lipinski definition) is 2. The van der Waals surface area contributed by atoms with Gasteiger partial charge in [0.1, 0.15) is 0 Å². The van der Waals surface area contributed by atoms with E-state index in [1.807, 2.05) is 37.3 Å². The zero-order chi connectivity index (χ0) is 17.1. The van der Waals surface area contributed by atoms with Crippen molar-refractivity contribution < 1.29 is 4.79 Å². The Hall–Kier alpha value is -2.37. The maximum Gasteiger partial charge on any atom is 0.255 e. The minimum Gasteiger partial charge on any atom is -0.351 e. The molecule has 24 heavy (non-hydrogen) atoms. The summed E-state index contributed by atoms with van der Waals surface area (Å²) in [6.07, 6.45) is 0. The Balaban J connectivity index is 1.92. The molecule has 1 atom stereocenters. The molecule has 1 amide bonds. The summed E-state index contributed by atoms with van der Waals surface area (Å²) in [6, 6.07) is 16.4. The number of anilines is 1. The van der Waals surface area contributed by atoms with Gasteiger partial charge in [-0.2, -0.15) is 0 Å². The fourth-order valence-electron chi connectivity index (χ4n) is 2.62. The van der Waals surface area contributed by atoms with Crippen molar-refractivity contribution in [3.8, 4) is 0 Å². The maximum atomic E-state index is 12.8. The van der Waals surface area contributed by atoms with Gasteiger partial charge in [0.25, 0.3) is 5.91 Å². The zero-order valence-electron chi connectivity index (χ0n) is 13.0. The number of allylic oxidation sites excluding steroid dienone is 1. The van der Waals surface area contributed by atoms with Crippen LogP contribution in [0.1, 0.15) is 18.5 Å². The molecular formula is C18H16ClN3OS. The van der Waals surface area contributed by atoms with Gasteiger partial charge in [-0.15, -0.1) is 0 Å². The lowest BCUT2D eigenvalue weighted by molar-refractivity contribution is -0.113. The number of benzene rings is 2. The third kappa shape index (κ3) is 3.58. The zero-order valence-corrected chi connectivity index (χ0v) is 14.5. The van der Waals surface area contributed by atoms with Crippen LogP contribution in [-0.4, -0.2) is 11.0 Å². The van der Waals surface area contributed by atoms with E-state index >= 15 is 0 Å². The Labute approximate surface area is 150 Å². The van der Waals surface area contributed by atoms with Crippen molar-refractivity contribution in [2.75, 3.05) is 5.32 Å². The molecule has 3 rings (SSSR count). The molecule has 0 radical (unpaired) electrons.